The molecule has 0 fully saturated rings. The molecule has 0 aliphatic rings. The van der Waals surface area contributed by atoms with Crippen molar-refractivity contribution in [3.8, 4) is 17.1 Å². The van der Waals surface area contributed by atoms with E-state index >= 15 is 0 Å². The normalized spacial score (nSPS) is 11.7. The Kier molecular flexibility index (Phi) is 7.79. The Morgan fingerprint density at radius 1 is 1.12 bits per heavy atom. The van der Waals surface area contributed by atoms with E-state index in [0.29, 0.717) is 28.7 Å². The van der Waals surface area contributed by atoms with Crippen LogP contribution >= 0.6 is 11.8 Å². The lowest BCUT2D eigenvalue weighted by molar-refractivity contribution is -0.139. The Labute approximate surface area is 194 Å². The topological polar surface area (TPSA) is 59.7 Å². The van der Waals surface area contributed by atoms with Gasteiger partial charge < -0.3 is 14.3 Å². The monoisotopic (exact) mass is 478 g/mol. The van der Waals surface area contributed by atoms with Crippen LogP contribution in [0.3, 0.4) is 0 Å². The first kappa shape index (κ1) is 24.8. The first-order valence-electron chi connectivity index (χ1n) is 10.4. The molecule has 0 unspecified atom stereocenters. The van der Waals surface area contributed by atoms with Gasteiger partial charge in [-0.2, -0.15) is 13.2 Å². The molecule has 8 heteroatoms. The third kappa shape index (κ3) is 6.81. The highest BCUT2D eigenvalue weighted by molar-refractivity contribution is 7.98. The Hall–Kier alpha value is -2.87. The third-order valence-electron chi connectivity index (χ3n) is 4.88. The van der Waals surface area contributed by atoms with Crippen molar-refractivity contribution in [3.05, 3.63) is 71.0 Å². The minimum Gasteiger partial charge on any atom is -0.482 e. The number of ether oxygens (including phenoxy) is 1. The van der Waals surface area contributed by atoms with E-state index in [4.69, 9.17) is 14.3 Å². The van der Waals surface area contributed by atoms with E-state index in [2.05, 4.69) is 13.8 Å². The van der Waals surface area contributed by atoms with Gasteiger partial charge in [0.2, 0.25) is 0 Å². The second-order valence-corrected chi connectivity index (χ2v) is 9.18. The summed E-state index contributed by atoms with van der Waals surface area (Å²) in [4.78, 5) is 11.7. The molecule has 1 heterocycles. The number of benzene rings is 2. The Morgan fingerprint density at radius 2 is 1.82 bits per heavy atom. The minimum absolute atomic E-state index is 0.355. The van der Waals surface area contributed by atoms with Crippen molar-refractivity contribution >= 4 is 17.7 Å². The second-order valence-electron chi connectivity index (χ2n) is 8.13. The van der Waals surface area contributed by atoms with Crippen LogP contribution in [0.25, 0.3) is 11.3 Å². The summed E-state index contributed by atoms with van der Waals surface area (Å²) in [5.74, 6) is 1.84. The van der Waals surface area contributed by atoms with Gasteiger partial charge in [-0.15, -0.1) is 11.8 Å². The van der Waals surface area contributed by atoms with Gasteiger partial charge in [0, 0.05) is 28.2 Å². The molecule has 0 spiro atoms. The van der Waals surface area contributed by atoms with Gasteiger partial charge in [-0.25, -0.2) is 4.79 Å². The number of rotatable bonds is 9. The number of halogens is 3. The fourth-order valence-electron chi connectivity index (χ4n) is 3.27. The molecule has 0 aliphatic carbocycles. The van der Waals surface area contributed by atoms with Crippen LogP contribution in [0.4, 0.5) is 13.2 Å². The number of carbonyl (C=O) groups is 1. The van der Waals surface area contributed by atoms with Gasteiger partial charge in [-0.05, 0) is 54.8 Å². The minimum atomic E-state index is -4.38. The molecule has 0 bridgehead atoms. The molecule has 1 aromatic heterocycles. The summed E-state index contributed by atoms with van der Waals surface area (Å²) < 4.78 is 49.9. The Balaban J connectivity index is 1.77. The number of carboxylic acids is 1. The van der Waals surface area contributed by atoms with Gasteiger partial charge in [0.15, 0.2) is 6.61 Å². The van der Waals surface area contributed by atoms with E-state index in [0.717, 1.165) is 40.3 Å². The molecular formula is C25H25F3O4S. The van der Waals surface area contributed by atoms with E-state index in [1.54, 1.807) is 17.8 Å². The van der Waals surface area contributed by atoms with Gasteiger partial charge >= 0.3 is 12.1 Å². The molecule has 0 amide bonds. The molecule has 2 aromatic carbocycles. The summed E-state index contributed by atoms with van der Waals surface area (Å²) in [6, 6.07) is 12.4. The molecule has 0 saturated heterocycles. The fraction of sp³-hybridized carbons (Fsp3) is 0.320. The van der Waals surface area contributed by atoms with Gasteiger partial charge in [-0.3, -0.25) is 0 Å². The first-order chi connectivity index (χ1) is 15.5. The van der Waals surface area contributed by atoms with E-state index in [1.165, 1.54) is 12.1 Å². The highest BCUT2D eigenvalue weighted by Crippen LogP contribution is 2.35. The zero-order chi connectivity index (χ0) is 24.2. The molecule has 3 aromatic rings. The maximum absolute atomic E-state index is 12.9. The number of carboxylic acid groups (broad SMARTS) is 1. The molecule has 0 atom stereocenters. The predicted molar refractivity (Wildman–Crippen MR) is 122 cm³/mol. The summed E-state index contributed by atoms with van der Waals surface area (Å²) in [7, 11) is 0. The summed E-state index contributed by atoms with van der Waals surface area (Å²) >= 11 is 1.60. The van der Waals surface area contributed by atoms with Crippen molar-refractivity contribution in [1.82, 2.24) is 0 Å². The van der Waals surface area contributed by atoms with Crippen LogP contribution in [0.5, 0.6) is 5.75 Å². The summed E-state index contributed by atoms with van der Waals surface area (Å²) in [5.41, 5.74) is 1.73. The molecule has 0 aliphatic heterocycles. The summed E-state index contributed by atoms with van der Waals surface area (Å²) in [5, 5.41) is 8.76. The maximum Gasteiger partial charge on any atom is 0.416 e. The zero-order valence-corrected chi connectivity index (χ0v) is 19.3. The number of furan rings is 1. The van der Waals surface area contributed by atoms with E-state index in [9.17, 15) is 18.0 Å². The molecule has 0 saturated carbocycles. The van der Waals surface area contributed by atoms with Gasteiger partial charge in [0.05, 0.1) is 5.56 Å². The average molecular weight is 479 g/mol. The summed E-state index contributed by atoms with van der Waals surface area (Å²) in [6.45, 7) is 5.62. The SMILES string of the molecule is Cc1cc(SCc2cc(-c3ccc(C(F)(F)F)cc3)oc2CC(C)C)ccc1OCC(=O)O. The number of alkyl halides is 3. The van der Waals surface area contributed by atoms with E-state index in [1.807, 2.05) is 25.1 Å². The van der Waals surface area contributed by atoms with Crippen molar-refractivity contribution < 1.29 is 32.2 Å². The maximum atomic E-state index is 12.9. The smallest absolute Gasteiger partial charge is 0.416 e. The Bertz CT molecular complexity index is 1100. The van der Waals surface area contributed by atoms with Crippen LogP contribution in [0, 0.1) is 12.8 Å². The van der Waals surface area contributed by atoms with E-state index in [-0.39, 0.29) is 0 Å². The van der Waals surface area contributed by atoms with Crippen LogP contribution in [-0.2, 0) is 23.1 Å². The summed E-state index contributed by atoms with van der Waals surface area (Å²) in [6.07, 6.45) is -3.66. The van der Waals surface area contributed by atoms with Crippen LogP contribution in [-0.4, -0.2) is 17.7 Å². The predicted octanol–water partition coefficient (Wildman–Crippen LogP) is 7.23. The molecule has 0 radical (unpaired) electrons. The number of hydrogen-bond acceptors (Lipinski definition) is 4. The van der Waals surface area contributed by atoms with Crippen LogP contribution in [0.1, 0.15) is 36.3 Å². The number of aryl methyl sites for hydroxylation is 1. The number of hydrogen-bond donors (Lipinski definition) is 1. The molecule has 3 rings (SSSR count). The largest absolute Gasteiger partial charge is 0.482 e. The van der Waals surface area contributed by atoms with Crippen molar-refractivity contribution in [3.63, 3.8) is 0 Å². The lowest BCUT2D eigenvalue weighted by Crippen LogP contribution is -2.09. The molecule has 4 nitrogen and oxygen atoms in total. The van der Waals surface area contributed by atoms with Gasteiger partial charge in [-0.1, -0.05) is 26.0 Å². The standard InChI is InChI=1S/C25H25F3O4S/c1-15(2)10-22-18(12-23(32-22)17-4-6-19(7-5-17)25(26,27)28)14-33-20-8-9-21(16(3)11-20)31-13-24(29)30/h4-9,11-12,15H,10,13-14H2,1-3H3,(H,29,30). The molecular weight excluding hydrogens is 453 g/mol. The quantitative estimate of drug-likeness (QED) is 0.329. The van der Waals surface area contributed by atoms with Crippen molar-refractivity contribution in [2.24, 2.45) is 5.92 Å². The first-order valence-corrected chi connectivity index (χ1v) is 11.4. The van der Waals surface area contributed by atoms with Gasteiger partial charge in [0.1, 0.15) is 17.3 Å². The highest BCUT2D eigenvalue weighted by atomic mass is 32.2. The lowest BCUT2D eigenvalue weighted by atomic mass is 10.1. The van der Waals surface area contributed by atoms with Crippen molar-refractivity contribution in [2.75, 3.05) is 6.61 Å². The van der Waals surface area contributed by atoms with Crippen LogP contribution in [0.15, 0.2) is 57.8 Å². The van der Waals surface area contributed by atoms with E-state index < -0.39 is 24.3 Å². The lowest BCUT2D eigenvalue weighted by Gasteiger charge is -2.09. The average Bonchev–Trinajstić information content (AvgIpc) is 3.13. The zero-order valence-electron chi connectivity index (χ0n) is 18.5. The van der Waals surface area contributed by atoms with Crippen LogP contribution < -0.4 is 4.74 Å². The van der Waals surface area contributed by atoms with Gasteiger partial charge in [0.25, 0.3) is 0 Å². The molecule has 33 heavy (non-hydrogen) atoms. The highest BCUT2D eigenvalue weighted by Gasteiger charge is 2.30. The molecule has 176 valence electrons. The fourth-order valence-corrected chi connectivity index (χ4v) is 4.26. The van der Waals surface area contributed by atoms with Crippen LogP contribution in [0.2, 0.25) is 0 Å². The molecule has 1 N–H and O–H groups in total. The van der Waals surface area contributed by atoms with Crippen molar-refractivity contribution in [1.29, 1.82) is 0 Å². The second kappa shape index (κ2) is 10.4. The number of thioether (sulfide) groups is 1. The number of aliphatic carboxylic acids is 1. The van der Waals surface area contributed by atoms with Crippen molar-refractivity contribution in [2.45, 2.75) is 44.0 Å². The Morgan fingerprint density at radius 3 is 2.39 bits per heavy atom. The third-order valence-corrected chi connectivity index (χ3v) is 5.92.